The molecule has 0 saturated carbocycles. The molecule has 2 N–H and O–H groups in total. The third kappa shape index (κ3) is 4.10. The quantitative estimate of drug-likeness (QED) is 0.892. The Morgan fingerprint density at radius 3 is 2.55 bits per heavy atom. The maximum absolute atomic E-state index is 12.1. The summed E-state index contributed by atoms with van der Waals surface area (Å²) < 4.78 is 0. The molecule has 2 amide bonds. The Bertz CT molecular complexity index is 611. The number of hydrogen-bond donors (Lipinski definition) is 2. The van der Waals surface area contributed by atoms with E-state index in [0.29, 0.717) is 13.1 Å². The molecule has 1 aromatic heterocycles. The van der Waals surface area contributed by atoms with E-state index in [4.69, 9.17) is 0 Å². The van der Waals surface area contributed by atoms with Crippen molar-refractivity contribution >= 4 is 6.03 Å². The minimum Gasteiger partial charge on any atom is -0.347 e. The van der Waals surface area contributed by atoms with E-state index in [1.807, 2.05) is 0 Å². The number of aromatic amines is 1. The van der Waals surface area contributed by atoms with Crippen LogP contribution >= 0.6 is 0 Å². The first-order valence-corrected chi connectivity index (χ1v) is 7.51. The minimum atomic E-state index is -0.0844. The van der Waals surface area contributed by atoms with Gasteiger partial charge in [-0.05, 0) is 43.9 Å². The molecule has 0 bridgehead atoms. The van der Waals surface area contributed by atoms with Gasteiger partial charge < -0.3 is 15.2 Å². The number of amides is 2. The summed E-state index contributed by atoms with van der Waals surface area (Å²) in [5.41, 5.74) is 5.17. The predicted molar refractivity (Wildman–Crippen MR) is 87.8 cm³/mol. The van der Waals surface area contributed by atoms with E-state index in [1.165, 1.54) is 22.3 Å². The Balaban J connectivity index is 1.84. The van der Waals surface area contributed by atoms with Gasteiger partial charge in [0.2, 0.25) is 0 Å². The van der Waals surface area contributed by atoms with Crippen LogP contribution in [0.5, 0.6) is 0 Å². The van der Waals surface area contributed by atoms with E-state index < -0.39 is 0 Å². The normalized spacial score (nSPS) is 10.5. The number of imidazole rings is 1. The number of aryl methyl sites for hydroxylation is 3. The predicted octanol–water partition coefficient (Wildman–Crippen LogP) is 2.72. The molecule has 0 radical (unpaired) electrons. The molecular formula is C17H24N4O. The van der Waals surface area contributed by atoms with Crippen LogP contribution in [0.15, 0.2) is 24.5 Å². The Hall–Kier alpha value is -2.30. The highest BCUT2D eigenvalue weighted by Crippen LogP contribution is 2.16. The molecule has 5 heteroatoms. The van der Waals surface area contributed by atoms with E-state index in [2.05, 4.69) is 48.2 Å². The van der Waals surface area contributed by atoms with Crippen molar-refractivity contribution in [1.82, 2.24) is 20.2 Å². The topological polar surface area (TPSA) is 61.0 Å². The van der Waals surface area contributed by atoms with Gasteiger partial charge in [0.25, 0.3) is 0 Å². The van der Waals surface area contributed by atoms with Crippen molar-refractivity contribution in [3.8, 4) is 0 Å². The molecule has 1 aromatic carbocycles. The lowest BCUT2D eigenvalue weighted by molar-refractivity contribution is 0.206. The van der Waals surface area contributed by atoms with Crippen molar-refractivity contribution in [2.45, 2.75) is 33.7 Å². The van der Waals surface area contributed by atoms with Crippen molar-refractivity contribution in [3.63, 3.8) is 0 Å². The van der Waals surface area contributed by atoms with Crippen LogP contribution in [0.4, 0.5) is 4.79 Å². The summed E-state index contributed by atoms with van der Waals surface area (Å²) in [6.07, 6.45) is 4.28. The Morgan fingerprint density at radius 1 is 1.27 bits per heavy atom. The van der Waals surface area contributed by atoms with Gasteiger partial charge in [-0.3, -0.25) is 0 Å². The number of urea groups is 1. The van der Waals surface area contributed by atoms with Gasteiger partial charge in [0, 0.05) is 26.0 Å². The molecule has 1 heterocycles. The maximum atomic E-state index is 12.1. The van der Waals surface area contributed by atoms with Gasteiger partial charge in [-0.1, -0.05) is 17.7 Å². The van der Waals surface area contributed by atoms with Crippen LogP contribution in [0.1, 0.15) is 28.1 Å². The minimum absolute atomic E-state index is 0.0844. The molecule has 0 unspecified atom stereocenters. The van der Waals surface area contributed by atoms with Gasteiger partial charge in [-0.25, -0.2) is 9.78 Å². The lowest BCUT2D eigenvalue weighted by atomic mass is 9.97. The van der Waals surface area contributed by atoms with Crippen LogP contribution in [0.3, 0.4) is 0 Å². The summed E-state index contributed by atoms with van der Waals surface area (Å²) in [5.74, 6) is 0.780. The Morgan fingerprint density at radius 2 is 1.95 bits per heavy atom. The third-order valence-corrected chi connectivity index (χ3v) is 3.78. The first-order chi connectivity index (χ1) is 10.5. The molecule has 0 spiro atoms. The number of carbonyl (C=O) groups excluding carboxylic acids is 1. The molecule has 0 saturated heterocycles. The van der Waals surface area contributed by atoms with Crippen molar-refractivity contribution in [3.05, 3.63) is 52.6 Å². The Kier molecular flexibility index (Phi) is 5.20. The fourth-order valence-corrected chi connectivity index (χ4v) is 2.71. The monoisotopic (exact) mass is 300 g/mol. The van der Waals surface area contributed by atoms with Gasteiger partial charge in [0.05, 0.1) is 6.54 Å². The molecule has 2 aromatic rings. The smallest absolute Gasteiger partial charge is 0.317 e. The summed E-state index contributed by atoms with van der Waals surface area (Å²) in [4.78, 5) is 20.8. The zero-order valence-electron chi connectivity index (χ0n) is 13.7. The molecule has 0 fully saturated rings. The Labute approximate surface area is 131 Å². The highest BCUT2D eigenvalue weighted by Gasteiger charge is 2.10. The second-order valence-electron chi connectivity index (χ2n) is 5.75. The zero-order valence-corrected chi connectivity index (χ0v) is 13.7. The van der Waals surface area contributed by atoms with E-state index in [0.717, 1.165) is 12.2 Å². The number of hydrogen-bond acceptors (Lipinski definition) is 2. The molecule has 0 atom stereocenters. The van der Waals surface area contributed by atoms with Crippen LogP contribution in [0.25, 0.3) is 0 Å². The number of benzene rings is 1. The van der Waals surface area contributed by atoms with Crippen LogP contribution in [-0.2, 0) is 13.0 Å². The van der Waals surface area contributed by atoms with Gasteiger partial charge in [-0.15, -0.1) is 0 Å². The zero-order chi connectivity index (χ0) is 16.1. The van der Waals surface area contributed by atoms with Crippen molar-refractivity contribution < 1.29 is 4.79 Å². The lowest BCUT2D eigenvalue weighted by Gasteiger charge is -2.17. The first-order valence-electron chi connectivity index (χ1n) is 7.51. The average Bonchev–Trinajstić information content (AvgIpc) is 2.94. The van der Waals surface area contributed by atoms with Crippen molar-refractivity contribution in [2.75, 3.05) is 13.6 Å². The number of carbonyl (C=O) groups is 1. The van der Waals surface area contributed by atoms with E-state index in [1.54, 1.807) is 24.3 Å². The van der Waals surface area contributed by atoms with E-state index in [-0.39, 0.29) is 6.03 Å². The summed E-state index contributed by atoms with van der Waals surface area (Å²) in [7, 11) is 1.76. The summed E-state index contributed by atoms with van der Waals surface area (Å²) in [6, 6.07) is 4.29. The summed E-state index contributed by atoms with van der Waals surface area (Å²) in [5, 5.41) is 2.96. The molecule has 5 nitrogen and oxygen atoms in total. The van der Waals surface area contributed by atoms with Crippen molar-refractivity contribution in [2.24, 2.45) is 0 Å². The first kappa shape index (κ1) is 16.1. The summed E-state index contributed by atoms with van der Waals surface area (Å²) in [6.45, 7) is 7.46. The molecule has 0 aliphatic carbocycles. The van der Waals surface area contributed by atoms with Crippen LogP contribution in [0, 0.1) is 20.8 Å². The highest BCUT2D eigenvalue weighted by molar-refractivity contribution is 5.73. The van der Waals surface area contributed by atoms with Gasteiger partial charge >= 0.3 is 6.03 Å². The van der Waals surface area contributed by atoms with Crippen LogP contribution in [-0.4, -0.2) is 34.5 Å². The van der Waals surface area contributed by atoms with Crippen LogP contribution < -0.4 is 5.32 Å². The fraction of sp³-hybridized carbons (Fsp3) is 0.412. The summed E-state index contributed by atoms with van der Waals surface area (Å²) >= 11 is 0. The second kappa shape index (κ2) is 7.11. The number of nitrogens with zero attached hydrogens (tertiary/aromatic N) is 2. The molecule has 0 aliphatic rings. The standard InChI is InChI=1S/C17H24N4O/c1-12-9-13(2)15(14(3)10-12)5-6-20-17(22)21(4)11-16-18-7-8-19-16/h7-10H,5-6,11H2,1-4H3,(H,18,19)(H,20,22). The molecular weight excluding hydrogens is 276 g/mol. The number of nitrogens with one attached hydrogen (secondary N) is 2. The number of rotatable bonds is 5. The van der Waals surface area contributed by atoms with Gasteiger partial charge in [0.15, 0.2) is 0 Å². The van der Waals surface area contributed by atoms with E-state index >= 15 is 0 Å². The molecule has 22 heavy (non-hydrogen) atoms. The van der Waals surface area contributed by atoms with Gasteiger partial charge in [0.1, 0.15) is 5.82 Å². The maximum Gasteiger partial charge on any atom is 0.317 e. The molecule has 118 valence electrons. The largest absolute Gasteiger partial charge is 0.347 e. The SMILES string of the molecule is Cc1cc(C)c(CCNC(=O)N(C)Cc2ncc[nH]2)c(C)c1. The van der Waals surface area contributed by atoms with Gasteiger partial charge in [-0.2, -0.15) is 0 Å². The number of H-pyrrole nitrogens is 1. The molecule has 0 aliphatic heterocycles. The third-order valence-electron chi connectivity index (χ3n) is 3.78. The van der Waals surface area contributed by atoms with Crippen molar-refractivity contribution in [1.29, 1.82) is 0 Å². The highest BCUT2D eigenvalue weighted by atomic mass is 16.2. The second-order valence-corrected chi connectivity index (χ2v) is 5.75. The number of aromatic nitrogens is 2. The fourth-order valence-electron chi connectivity index (χ4n) is 2.71. The van der Waals surface area contributed by atoms with Crippen LogP contribution in [0.2, 0.25) is 0 Å². The molecule has 2 rings (SSSR count). The van der Waals surface area contributed by atoms with E-state index in [9.17, 15) is 4.79 Å². The lowest BCUT2D eigenvalue weighted by Crippen LogP contribution is -2.38. The average molecular weight is 300 g/mol.